The fraction of sp³-hybridized carbons (Fsp3) is 0.933. The van der Waals surface area contributed by atoms with Gasteiger partial charge in [-0.3, -0.25) is 4.79 Å². The largest absolute Gasteiger partial charge is 0.459 e. The van der Waals surface area contributed by atoms with Gasteiger partial charge in [-0.1, -0.05) is 6.92 Å². The molecule has 0 amide bonds. The summed E-state index contributed by atoms with van der Waals surface area (Å²) in [6, 6.07) is 0. The number of halogens is 20. The van der Waals surface area contributed by atoms with E-state index in [1.54, 1.807) is 0 Å². The maximum absolute atomic E-state index is 13.6. The minimum atomic E-state index is -9.06. The lowest BCUT2D eigenvalue weighted by Gasteiger charge is -2.44. The summed E-state index contributed by atoms with van der Waals surface area (Å²) < 4.78 is 268. The van der Waals surface area contributed by atoms with Crippen LogP contribution in [0.5, 0.6) is 0 Å². The van der Waals surface area contributed by atoms with Crippen LogP contribution < -0.4 is 0 Å². The first-order valence-corrected chi connectivity index (χ1v) is 8.74. The Labute approximate surface area is 190 Å². The van der Waals surface area contributed by atoms with Crippen molar-refractivity contribution in [2.45, 2.75) is 79.5 Å². The predicted molar refractivity (Wildman–Crippen MR) is 76.4 cm³/mol. The smallest absolute Gasteiger partial charge is 0.385 e. The molecule has 0 saturated carbocycles. The molecular weight excluding hydrogens is 592 g/mol. The highest BCUT2D eigenvalue weighted by molar-refractivity contribution is 5.69. The molecule has 0 saturated heterocycles. The Morgan fingerprint density at radius 3 is 1.16 bits per heavy atom. The Hall–Kier alpha value is -1.93. The second kappa shape index (κ2) is 9.67. The van der Waals surface area contributed by atoms with E-state index in [-0.39, 0.29) is 6.42 Å². The Bertz CT molecular complexity index is 817. The van der Waals surface area contributed by atoms with Crippen LogP contribution in [-0.2, 0) is 9.53 Å². The molecule has 0 rings (SSSR count). The van der Waals surface area contributed by atoms with Gasteiger partial charge in [0.1, 0.15) is 0 Å². The normalized spacial score (nSPS) is 15.8. The predicted octanol–water partition coefficient (Wildman–Crippen LogP) is 7.31. The summed E-state index contributed by atoms with van der Waals surface area (Å²) >= 11 is 0. The number of esters is 1. The minimum Gasteiger partial charge on any atom is -0.459 e. The van der Waals surface area contributed by atoms with Gasteiger partial charge >= 0.3 is 65.7 Å². The van der Waals surface area contributed by atoms with Gasteiger partial charge in [0.2, 0.25) is 0 Å². The van der Waals surface area contributed by atoms with Crippen LogP contribution in [-0.4, -0.2) is 72.3 Å². The van der Waals surface area contributed by atoms with Crippen LogP contribution in [0.4, 0.5) is 87.8 Å². The van der Waals surface area contributed by atoms with Crippen LogP contribution in [0.15, 0.2) is 0 Å². The van der Waals surface area contributed by atoms with Crippen LogP contribution in [0.3, 0.4) is 0 Å². The van der Waals surface area contributed by atoms with Crippen LogP contribution in [0.2, 0.25) is 0 Å². The Morgan fingerprint density at radius 2 is 0.865 bits per heavy atom. The second-order valence-electron chi connectivity index (χ2n) is 7.06. The quantitative estimate of drug-likeness (QED) is 0.163. The lowest BCUT2D eigenvalue weighted by molar-refractivity contribution is -0.465. The van der Waals surface area contributed by atoms with E-state index in [0.29, 0.717) is 0 Å². The third-order valence-electron chi connectivity index (χ3n) is 4.39. The average Bonchev–Trinajstić information content (AvgIpc) is 2.71. The Morgan fingerprint density at radius 1 is 0.568 bits per heavy atom. The van der Waals surface area contributed by atoms with Gasteiger partial charge in [0, 0.05) is 6.42 Å². The molecule has 0 unspecified atom stereocenters. The molecule has 0 aromatic carbocycles. The number of rotatable bonds is 13. The van der Waals surface area contributed by atoms with Crippen molar-refractivity contribution in [1.29, 1.82) is 0 Å². The van der Waals surface area contributed by atoms with Crippen molar-refractivity contribution in [3.05, 3.63) is 0 Å². The first kappa shape index (κ1) is 35.1. The molecule has 0 N–H and O–H groups in total. The van der Waals surface area contributed by atoms with Gasteiger partial charge < -0.3 is 4.74 Å². The van der Waals surface area contributed by atoms with Crippen molar-refractivity contribution in [1.82, 2.24) is 0 Å². The van der Waals surface area contributed by atoms with Crippen molar-refractivity contribution in [3.63, 3.8) is 0 Å². The van der Waals surface area contributed by atoms with Gasteiger partial charge in [0.05, 0.1) is 0 Å². The van der Waals surface area contributed by atoms with E-state index in [0.717, 1.165) is 6.92 Å². The summed E-state index contributed by atoms with van der Waals surface area (Å²) in [5, 5.41) is 0. The number of ether oxygens (including phenoxy) is 1. The fourth-order valence-electron chi connectivity index (χ4n) is 2.10. The van der Waals surface area contributed by atoms with Gasteiger partial charge in [-0.05, 0) is 6.42 Å². The summed E-state index contributed by atoms with van der Waals surface area (Å²) in [4.78, 5) is 10.9. The third-order valence-corrected chi connectivity index (χ3v) is 4.39. The number of hydrogen-bond acceptors (Lipinski definition) is 2. The van der Waals surface area contributed by atoms with Gasteiger partial charge in [0.15, 0.2) is 6.61 Å². The molecule has 0 aliphatic carbocycles. The molecule has 0 radical (unpaired) electrons. The highest BCUT2D eigenvalue weighted by Gasteiger charge is 2.96. The van der Waals surface area contributed by atoms with E-state index in [1.165, 1.54) is 0 Å². The molecule has 0 heterocycles. The first-order valence-electron chi connectivity index (χ1n) is 8.74. The van der Waals surface area contributed by atoms with E-state index in [9.17, 15) is 92.6 Å². The number of alkyl halides is 20. The Kier molecular flexibility index (Phi) is 9.17. The molecule has 22 heteroatoms. The maximum Gasteiger partial charge on any atom is 0.385 e. The molecule has 2 nitrogen and oxygen atoms in total. The van der Waals surface area contributed by atoms with E-state index in [1.807, 2.05) is 0 Å². The molecule has 222 valence electrons. The molecule has 0 aromatic rings. The van der Waals surface area contributed by atoms with E-state index < -0.39 is 78.7 Å². The molecule has 0 aliphatic heterocycles. The van der Waals surface area contributed by atoms with E-state index in [2.05, 4.69) is 4.74 Å². The molecule has 0 aromatic heterocycles. The van der Waals surface area contributed by atoms with Crippen molar-refractivity contribution in [2.24, 2.45) is 0 Å². The monoisotopic (exact) mass is 602 g/mol. The number of carbonyl (C=O) groups excluding carboxylic acids is 1. The summed E-state index contributed by atoms with van der Waals surface area (Å²) in [6.07, 6.45) is -7.32. The van der Waals surface area contributed by atoms with Gasteiger partial charge in [0.25, 0.3) is 0 Å². The van der Waals surface area contributed by atoms with Gasteiger partial charge in [-0.15, -0.1) is 0 Å². The summed E-state index contributed by atoms with van der Waals surface area (Å²) in [7, 11) is 0. The van der Waals surface area contributed by atoms with Crippen LogP contribution in [0.1, 0.15) is 19.8 Å². The third kappa shape index (κ3) is 4.84. The zero-order valence-corrected chi connectivity index (χ0v) is 17.1. The highest BCUT2D eigenvalue weighted by Crippen LogP contribution is 2.65. The molecule has 0 atom stereocenters. The SMILES string of the molecule is CCCC(=O)OCC(F)(F)C(F)(F)C(F)(F)C(F)(F)C(F)(F)C(F)(F)C(F)(F)C(F)(F)C(F)(F)C(F)F. The zero-order chi connectivity index (χ0) is 30.5. The standard InChI is InChI=1S/C15H10F20O2/c1-2-3-5(36)37-4-7(18,19)9(22,23)11(26,27)13(30,31)15(34,35)14(32,33)12(28,29)10(24,25)8(20,21)6(16)17/h6H,2-4H2,1H3. The number of carbonyl (C=O) groups is 1. The highest BCUT2D eigenvalue weighted by atomic mass is 19.4. The summed E-state index contributed by atoms with van der Waals surface area (Å²) in [6.45, 7) is -2.22. The van der Waals surface area contributed by atoms with E-state index >= 15 is 0 Å². The maximum atomic E-state index is 13.6. The summed E-state index contributed by atoms with van der Waals surface area (Å²) in [5.74, 6) is -77.6. The van der Waals surface area contributed by atoms with Crippen molar-refractivity contribution >= 4 is 5.97 Å². The molecule has 37 heavy (non-hydrogen) atoms. The molecule has 0 aliphatic rings. The van der Waals surface area contributed by atoms with Crippen LogP contribution >= 0.6 is 0 Å². The number of hydrogen-bond donors (Lipinski definition) is 0. The fourth-order valence-corrected chi connectivity index (χ4v) is 2.10. The Balaban J connectivity index is 6.77. The lowest BCUT2D eigenvalue weighted by Crippen LogP contribution is -2.76. The molecule has 0 spiro atoms. The van der Waals surface area contributed by atoms with Crippen molar-refractivity contribution in [3.8, 4) is 0 Å². The molecular formula is C15H10F20O2. The van der Waals surface area contributed by atoms with E-state index in [4.69, 9.17) is 0 Å². The van der Waals surface area contributed by atoms with Gasteiger partial charge in [-0.2, -0.15) is 79.0 Å². The minimum absolute atomic E-state index is 0.292. The van der Waals surface area contributed by atoms with Gasteiger partial charge in [-0.25, -0.2) is 8.78 Å². The van der Waals surface area contributed by atoms with Crippen LogP contribution in [0, 0.1) is 0 Å². The first-order chi connectivity index (χ1) is 15.9. The van der Waals surface area contributed by atoms with Crippen molar-refractivity contribution in [2.75, 3.05) is 6.61 Å². The molecule has 0 bridgehead atoms. The van der Waals surface area contributed by atoms with Crippen molar-refractivity contribution < 1.29 is 97.3 Å². The zero-order valence-electron chi connectivity index (χ0n) is 17.1. The average molecular weight is 602 g/mol. The van der Waals surface area contributed by atoms with Crippen LogP contribution in [0.25, 0.3) is 0 Å². The lowest BCUT2D eigenvalue weighted by atomic mass is 9.86. The molecule has 0 fully saturated rings. The second-order valence-corrected chi connectivity index (χ2v) is 7.06. The topological polar surface area (TPSA) is 26.3 Å². The summed E-state index contributed by atoms with van der Waals surface area (Å²) in [5.41, 5.74) is 0.